The molecule has 0 amide bonds. The van der Waals surface area contributed by atoms with E-state index in [2.05, 4.69) is 30.5 Å². The fourth-order valence-electron chi connectivity index (χ4n) is 3.89. The van der Waals surface area contributed by atoms with Gasteiger partial charge in [0.05, 0.1) is 29.5 Å². The standard InChI is InChI=1S/C24H27N7O5/c1-2-19-21(23(32)33)22(16-3-5-17(6-4-16)30-11-13-36-14-12-30)29-24(28-19)26-10-9-25-20-8-7-18(15-27-20)31(34)35/h3-8,15H,2,9-14H2,1H3,(H,25,27)(H,32,33)(H,26,28,29). The van der Waals surface area contributed by atoms with E-state index in [1.165, 1.54) is 18.3 Å². The van der Waals surface area contributed by atoms with Crippen molar-refractivity contribution >= 4 is 29.1 Å². The molecule has 3 N–H and O–H groups in total. The van der Waals surface area contributed by atoms with Crippen LogP contribution < -0.4 is 15.5 Å². The number of aromatic carboxylic acids is 1. The zero-order chi connectivity index (χ0) is 25.5. The van der Waals surface area contributed by atoms with Gasteiger partial charge in [0.25, 0.3) is 5.69 Å². The van der Waals surface area contributed by atoms with Gasteiger partial charge in [-0.25, -0.2) is 19.7 Å². The van der Waals surface area contributed by atoms with Gasteiger partial charge in [0.2, 0.25) is 5.95 Å². The Labute approximate surface area is 207 Å². The van der Waals surface area contributed by atoms with E-state index < -0.39 is 10.9 Å². The van der Waals surface area contributed by atoms with Gasteiger partial charge in [-0.1, -0.05) is 19.1 Å². The molecule has 3 heterocycles. The summed E-state index contributed by atoms with van der Waals surface area (Å²) in [6.45, 7) is 5.70. The van der Waals surface area contributed by atoms with E-state index in [0.717, 1.165) is 18.8 Å². The highest BCUT2D eigenvalue weighted by atomic mass is 16.6. The van der Waals surface area contributed by atoms with Gasteiger partial charge >= 0.3 is 5.97 Å². The average Bonchev–Trinajstić information content (AvgIpc) is 2.91. The summed E-state index contributed by atoms with van der Waals surface area (Å²) in [6.07, 6.45) is 1.62. The van der Waals surface area contributed by atoms with Crippen LogP contribution in [-0.2, 0) is 11.2 Å². The number of aromatic nitrogens is 3. The number of carboxylic acids is 1. The summed E-state index contributed by atoms with van der Waals surface area (Å²) in [4.78, 5) is 37.5. The van der Waals surface area contributed by atoms with Gasteiger partial charge in [-0.3, -0.25) is 10.1 Å². The molecule has 2 aromatic heterocycles. The molecule has 3 aromatic rings. The fourth-order valence-corrected chi connectivity index (χ4v) is 3.89. The number of carbonyl (C=O) groups is 1. The van der Waals surface area contributed by atoms with E-state index in [1.54, 1.807) is 0 Å². The molecular weight excluding hydrogens is 466 g/mol. The van der Waals surface area contributed by atoms with Crippen molar-refractivity contribution in [1.29, 1.82) is 0 Å². The minimum atomic E-state index is -1.07. The monoisotopic (exact) mass is 493 g/mol. The predicted molar refractivity (Wildman–Crippen MR) is 135 cm³/mol. The van der Waals surface area contributed by atoms with Gasteiger partial charge in [-0.15, -0.1) is 0 Å². The van der Waals surface area contributed by atoms with Crippen LogP contribution >= 0.6 is 0 Å². The number of anilines is 3. The molecule has 36 heavy (non-hydrogen) atoms. The number of nitrogens with one attached hydrogen (secondary N) is 2. The maximum atomic E-state index is 12.1. The first-order valence-electron chi connectivity index (χ1n) is 11.6. The van der Waals surface area contributed by atoms with Crippen LogP contribution in [0.15, 0.2) is 42.6 Å². The van der Waals surface area contributed by atoms with E-state index in [-0.39, 0.29) is 11.3 Å². The number of morpholine rings is 1. The fraction of sp³-hybridized carbons (Fsp3) is 0.333. The summed E-state index contributed by atoms with van der Waals surface area (Å²) < 4.78 is 5.41. The Morgan fingerprint density at radius 2 is 1.83 bits per heavy atom. The van der Waals surface area contributed by atoms with Crippen molar-refractivity contribution < 1.29 is 19.6 Å². The highest BCUT2D eigenvalue weighted by Crippen LogP contribution is 2.28. The number of benzene rings is 1. The molecule has 188 valence electrons. The summed E-state index contributed by atoms with van der Waals surface area (Å²) in [5.41, 5.74) is 2.55. The SMILES string of the molecule is CCc1nc(NCCNc2ccc([N+](=O)[O-])cn2)nc(-c2ccc(N3CCOCC3)cc2)c1C(=O)O. The first-order chi connectivity index (χ1) is 17.5. The molecule has 1 aliphatic rings. The highest BCUT2D eigenvalue weighted by molar-refractivity contribution is 5.96. The predicted octanol–water partition coefficient (Wildman–Crippen LogP) is 3.07. The van der Waals surface area contributed by atoms with Gasteiger partial charge < -0.3 is 25.4 Å². The highest BCUT2D eigenvalue weighted by Gasteiger charge is 2.21. The molecule has 1 aliphatic heterocycles. The van der Waals surface area contributed by atoms with Crippen molar-refractivity contribution in [2.24, 2.45) is 0 Å². The van der Waals surface area contributed by atoms with Gasteiger partial charge in [-0.05, 0) is 24.6 Å². The Morgan fingerprint density at radius 1 is 1.11 bits per heavy atom. The van der Waals surface area contributed by atoms with Crippen LogP contribution in [0.1, 0.15) is 23.0 Å². The van der Waals surface area contributed by atoms with Gasteiger partial charge in [0.1, 0.15) is 17.6 Å². The van der Waals surface area contributed by atoms with Crippen LogP contribution in [0.2, 0.25) is 0 Å². The van der Waals surface area contributed by atoms with Gasteiger partial charge in [0, 0.05) is 43.5 Å². The molecule has 1 saturated heterocycles. The summed E-state index contributed by atoms with van der Waals surface area (Å²) in [5, 5.41) is 26.8. The van der Waals surface area contributed by atoms with Crippen molar-refractivity contribution in [3.05, 3.63) is 64.0 Å². The third-order valence-electron chi connectivity index (χ3n) is 5.72. The molecule has 0 spiro atoms. The number of rotatable bonds is 10. The van der Waals surface area contributed by atoms with Crippen LogP contribution in [0.25, 0.3) is 11.3 Å². The molecule has 4 rings (SSSR count). The summed E-state index contributed by atoms with van der Waals surface area (Å²) in [5.74, 6) is -0.251. The number of ether oxygens (including phenoxy) is 1. The number of nitro groups is 1. The Bertz CT molecular complexity index is 1210. The first kappa shape index (κ1) is 24.8. The summed E-state index contributed by atoms with van der Waals surface area (Å²) in [6, 6.07) is 10.6. The molecule has 0 saturated carbocycles. The number of pyridine rings is 1. The molecule has 0 unspecified atom stereocenters. The second-order valence-corrected chi connectivity index (χ2v) is 8.03. The molecule has 1 fully saturated rings. The van der Waals surface area contributed by atoms with Crippen LogP contribution in [0.4, 0.5) is 23.1 Å². The maximum Gasteiger partial charge on any atom is 0.339 e. The van der Waals surface area contributed by atoms with Crippen LogP contribution in [0.3, 0.4) is 0 Å². The molecule has 12 nitrogen and oxygen atoms in total. The number of nitrogens with zero attached hydrogens (tertiary/aromatic N) is 5. The van der Waals surface area contributed by atoms with E-state index in [0.29, 0.717) is 61.4 Å². The first-order valence-corrected chi connectivity index (χ1v) is 11.6. The Kier molecular flexibility index (Phi) is 7.85. The van der Waals surface area contributed by atoms with E-state index >= 15 is 0 Å². The number of hydrogen-bond donors (Lipinski definition) is 3. The lowest BCUT2D eigenvalue weighted by Crippen LogP contribution is -2.36. The minimum Gasteiger partial charge on any atom is -0.478 e. The molecule has 12 heteroatoms. The van der Waals surface area contributed by atoms with E-state index in [1.807, 2.05) is 31.2 Å². The third kappa shape index (κ3) is 5.84. The average molecular weight is 494 g/mol. The summed E-state index contributed by atoms with van der Waals surface area (Å²) >= 11 is 0. The Hall–Kier alpha value is -4.32. The molecule has 0 atom stereocenters. The lowest BCUT2D eigenvalue weighted by atomic mass is 10.0. The number of hydrogen-bond acceptors (Lipinski definition) is 10. The van der Waals surface area contributed by atoms with Crippen molar-refractivity contribution in [3.63, 3.8) is 0 Å². The quantitative estimate of drug-likeness (QED) is 0.217. The number of aryl methyl sites for hydroxylation is 1. The van der Waals surface area contributed by atoms with Crippen molar-refractivity contribution in [3.8, 4) is 11.3 Å². The zero-order valence-corrected chi connectivity index (χ0v) is 19.8. The minimum absolute atomic E-state index is 0.0804. The maximum absolute atomic E-state index is 12.1. The Balaban J connectivity index is 1.49. The van der Waals surface area contributed by atoms with Crippen LogP contribution in [-0.4, -0.2) is 70.3 Å². The van der Waals surface area contributed by atoms with Gasteiger partial charge in [0.15, 0.2) is 0 Å². The second kappa shape index (κ2) is 11.4. The topological polar surface area (TPSA) is 156 Å². The third-order valence-corrected chi connectivity index (χ3v) is 5.72. The van der Waals surface area contributed by atoms with Crippen molar-refractivity contribution in [2.45, 2.75) is 13.3 Å². The van der Waals surface area contributed by atoms with E-state index in [9.17, 15) is 20.0 Å². The summed E-state index contributed by atoms with van der Waals surface area (Å²) in [7, 11) is 0. The van der Waals surface area contributed by atoms with E-state index in [4.69, 9.17) is 4.74 Å². The molecule has 0 aliphatic carbocycles. The van der Waals surface area contributed by atoms with Crippen molar-refractivity contribution in [2.75, 3.05) is 54.9 Å². The van der Waals surface area contributed by atoms with Crippen molar-refractivity contribution in [1.82, 2.24) is 15.0 Å². The number of carboxylic acid groups (broad SMARTS) is 1. The second-order valence-electron chi connectivity index (χ2n) is 8.03. The zero-order valence-electron chi connectivity index (χ0n) is 19.8. The molecular formula is C24H27N7O5. The van der Waals surface area contributed by atoms with Gasteiger partial charge in [-0.2, -0.15) is 0 Å². The van der Waals surface area contributed by atoms with Crippen LogP contribution in [0, 0.1) is 10.1 Å². The molecule has 1 aromatic carbocycles. The van der Waals surface area contributed by atoms with Crippen LogP contribution in [0.5, 0.6) is 0 Å². The normalized spacial score (nSPS) is 13.3. The largest absolute Gasteiger partial charge is 0.478 e. The smallest absolute Gasteiger partial charge is 0.339 e. The molecule has 0 radical (unpaired) electrons. The molecule has 0 bridgehead atoms. The Morgan fingerprint density at radius 3 is 2.44 bits per heavy atom. The lowest BCUT2D eigenvalue weighted by Gasteiger charge is -2.29. The lowest BCUT2D eigenvalue weighted by molar-refractivity contribution is -0.385.